The quantitative estimate of drug-likeness (QED) is 0.599. The Kier molecular flexibility index (Phi) is 5.41. The molecule has 0 amide bonds. The van der Waals surface area contributed by atoms with E-state index in [0.29, 0.717) is 12.1 Å². The molecule has 0 spiro atoms. The molecule has 0 bridgehead atoms. The molecule has 1 aliphatic heterocycles. The van der Waals surface area contributed by atoms with Gasteiger partial charge in [0.05, 0.1) is 0 Å². The van der Waals surface area contributed by atoms with Crippen LogP contribution in [0.5, 0.6) is 0 Å². The van der Waals surface area contributed by atoms with Crippen LogP contribution in [0.4, 0.5) is 0 Å². The Morgan fingerprint density at radius 2 is 1.47 bits per heavy atom. The van der Waals surface area contributed by atoms with Crippen LogP contribution < -0.4 is 0 Å². The van der Waals surface area contributed by atoms with Gasteiger partial charge in [-0.15, -0.1) is 19.7 Å². The Balaban J connectivity index is 2.64. The number of hydrogen-bond acceptors (Lipinski definition) is 1. The molecule has 0 saturated carbocycles. The summed E-state index contributed by atoms with van der Waals surface area (Å²) >= 11 is 0. The van der Waals surface area contributed by atoms with Gasteiger partial charge in [0.1, 0.15) is 0 Å². The Hall–Kier alpha value is -0.820. The fraction of sp³-hybridized carbons (Fsp3) is 0.571. The van der Waals surface area contributed by atoms with Crippen LogP contribution in [0.3, 0.4) is 0 Å². The normalized spacial score (nSPS) is 27.2. The zero-order valence-electron chi connectivity index (χ0n) is 9.70. The molecule has 84 valence electrons. The topological polar surface area (TPSA) is 3.24 Å². The van der Waals surface area contributed by atoms with Crippen molar-refractivity contribution in [1.29, 1.82) is 0 Å². The van der Waals surface area contributed by atoms with Crippen LogP contribution in [0.1, 0.15) is 32.1 Å². The summed E-state index contributed by atoms with van der Waals surface area (Å²) in [7, 11) is 0. The smallest absolute Gasteiger partial charge is 0.0166 e. The molecule has 2 unspecified atom stereocenters. The molecule has 0 radical (unpaired) electrons. The highest BCUT2D eigenvalue weighted by molar-refractivity contribution is 4.93. The van der Waals surface area contributed by atoms with Gasteiger partial charge in [0.25, 0.3) is 0 Å². The molecule has 0 aromatic rings. The lowest BCUT2D eigenvalue weighted by Crippen LogP contribution is -2.46. The van der Waals surface area contributed by atoms with E-state index >= 15 is 0 Å². The summed E-state index contributed by atoms with van der Waals surface area (Å²) < 4.78 is 0. The standard InChI is InChI=1S/C14H23N/c1-4-8-13-10-7-11-14(9-5-2)15(13)12-6-3/h4-6,13-14H,1-3,7-12H2. The second-order valence-electron chi connectivity index (χ2n) is 4.27. The Labute approximate surface area is 94.2 Å². The first-order valence-electron chi connectivity index (χ1n) is 5.92. The molecule has 1 nitrogen and oxygen atoms in total. The van der Waals surface area contributed by atoms with E-state index in [1.54, 1.807) is 0 Å². The molecule has 0 aliphatic carbocycles. The van der Waals surface area contributed by atoms with E-state index in [4.69, 9.17) is 0 Å². The second-order valence-corrected chi connectivity index (χ2v) is 4.27. The lowest BCUT2D eigenvalue weighted by Gasteiger charge is -2.41. The molecule has 1 aliphatic rings. The van der Waals surface area contributed by atoms with Crippen LogP contribution in [-0.2, 0) is 0 Å². The molecule has 1 saturated heterocycles. The molecule has 0 N–H and O–H groups in total. The van der Waals surface area contributed by atoms with Gasteiger partial charge < -0.3 is 0 Å². The Morgan fingerprint density at radius 3 is 1.87 bits per heavy atom. The van der Waals surface area contributed by atoms with Crippen molar-refractivity contribution in [2.24, 2.45) is 0 Å². The maximum Gasteiger partial charge on any atom is 0.0166 e. The zero-order valence-corrected chi connectivity index (χ0v) is 9.70. The van der Waals surface area contributed by atoms with E-state index in [0.717, 1.165) is 19.4 Å². The third-order valence-electron chi connectivity index (χ3n) is 3.23. The van der Waals surface area contributed by atoms with Gasteiger partial charge in [-0.3, -0.25) is 4.90 Å². The van der Waals surface area contributed by atoms with Crippen molar-refractivity contribution in [2.45, 2.75) is 44.2 Å². The number of hydrogen-bond donors (Lipinski definition) is 0. The van der Waals surface area contributed by atoms with Gasteiger partial charge in [0, 0.05) is 18.6 Å². The van der Waals surface area contributed by atoms with Crippen LogP contribution in [0.15, 0.2) is 38.0 Å². The average Bonchev–Trinajstić information content (AvgIpc) is 2.23. The number of nitrogens with zero attached hydrogens (tertiary/aromatic N) is 1. The predicted octanol–water partition coefficient (Wildman–Crippen LogP) is 3.55. The number of rotatable bonds is 6. The van der Waals surface area contributed by atoms with Crippen LogP contribution in [0.2, 0.25) is 0 Å². The Bertz CT molecular complexity index is 201. The SMILES string of the molecule is C=CCC1CCCC(CC=C)N1CC=C. The maximum atomic E-state index is 3.85. The summed E-state index contributed by atoms with van der Waals surface area (Å²) in [4.78, 5) is 2.57. The molecular formula is C14H23N. The largest absolute Gasteiger partial charge is 0.293 e. The van der Waals surface area contributed by atoms with Crippen molar-refractivity contribution in [2.75, 3.05) is 6.54 Å². The summed E-state index contributed by atoms with van der Waals surface area (Å²) in [5.41, 5.74) is 0. The van der Waals surface area contributed by atoms with Gasteiger partial charge in [0.15, 0.2) is 0 Å². The minimum atomic E-state index is 0.666. The molecule has 15 heavy (non-hydrogen) atoms. The molecule has 2 atom stereocenters. The highest BCUT2D eigenvalue weighted by atomic mass is 15.2. The minimum Gasteiger partial charge on any atom is -0.293 e. The monoisotopic (exact) mass is 205 g/mol. The maximum absolute atomic E-state index is 3.85. The number of likely N-dealkylation sites (tertiary alicyclic amines) is 1. The molecule has 1 rings (SSSR count). The molecule has 0 aromatic heterocycles. The molecule has 1 fully saturated rings. The van der Waals surface area contributed by atoms with Gasteiger partial charge in [-0.2, -0.15) is 0 Å². The lowest BCUT2D eigenvalue weighted by atomic mass is 9.92. The van der Waals surface area contributed by atoms with E-state index in [9.17, 15) is 0 Å². The molecule has 1 heteroatoms. The Morgan fingerprint density at radius 1 is 0.933 bits per heavy atom. The van der Waals surface area contributed by atoms with E-state index in [1.165, 1.54) is 19.3 Å². The van der Waals surface area contributed by atoms with Crippen LogP contribution in [0, 0.1) is 0 Å². The fourth-order valence-corrected chi connectivity index (χ4v) is 2.56. The summed E-state index contributed by atoms with van der Waals surface area (Å²) in [6, 6.07) is 1.33. The van der Waals surface area contributed by atoms with Gasteiger partial charge in [0.2, 0.25) is 0 Å². The highest BCUT2D eigenvalue weighted by Crippen LogP contribution is 2.27. The number of piperidine rings is 1. The second kappa shape index (κ2) is 6.62. The van der Waals surface area contributed by atoms with Crippen molar-refractivity contribution >= 4 is 0 Å². The summed E-state index contributed by atoms with van der Waals surface area (Å²) in [5, 5.41) is 0. The van der Waals surface area contributed by atoms with Gasteiger partial charge >= 0.3 is 0 Å². The predicted molar refractivity (Wildman–Crippen MR) is 68.0 cm³/mol. The lowest BCUT2D eigenvalue weighted by molar-refractivity contribution is 0.0994. The van der Waals surface area contributed by atoms with Gasteiger partial charge in [-0.25, -0.2) is 0 Å². The van der Waals surface area contributed by atoms with Crippen molar-refractivity contribution in [1.82, 2.24) is 4.90 Å². The molecule has 1 heterocycles. The van der Waals surface area contributed by atoms with E-state index in [1.807, 2.05) is 18.2 Å². The third-order valence-corrected chi connectivity index (χ3v) is 3.23. The van der Waals surface area contributed by atoms with Crippen LogP contribution in [-0.4, -0.2) is 23.5 Å². The van der Waals surface area contributed by atoms with E-state index < -0.39 is 0 Å². The summed E-state index contributed by atoms with van der Waals surface area (Å²) in [6.45, 7) is 12.5. The van der Waals surface area contributed by atoms with E-state index in [2.05, 4.69) is 24.6 Å². The summed E-state index contributed by atoms with van der Waals surface area (Å²) in [6.07, 6.45) is 12.2. The fourth-order valence-electron chi connectivity index (χ4n) is 2.56. The molecule has 0 aromatic carbocycles. The first-order valence-corrected chi connectivity index (χ1v) is 5.92. The van der Waals surface area contributed by atoms with E-state index in [-0.39, 0.29) is 0 Å². The van der Waals surface area contributed by atoms with Crippen molar-refractivity contribution in [3.63, 3.8) is 0 Å². The van der Waals surface area contributed by atoms with Crippen LogP contribution >= 0.6 is 0 Å². The average molecular weight is 205 g/mol. The van der Waals surface area contributed by atoms with Crippen molar-refractivity contribution < 1.29 is 0 Å². The first-order chi connectivity index (χ1) is 7.33. The first kappa shape index (κ1) is 12.3. The highest BCUT2D eigenvalue weighted by Gasteiger charge is 2.27. The zero-order chi connectivity index (χ0) is 11.1. The molecular weight excluding hydrogens is 182 g/mol. The summed E-state index contributed by atoms with van der Waals surface area (Å²) in [5.74, 6) is 0. The van der Waals surface area contributed by atoms with Gasteiger partial charge in [-0.1, -0.05) is 24.6 Å². The van der Waals surface area contributed by atoms with Crippen molar-refractivity contribution in [3.05, 3.63) is 38.0 Å². The van der Waals surface area contributed by atoms with Crippen molar-refractivity contribution in [3.8, 4) is 0 Å². The van der Waals surface area contributed by atoms with Gasteiger partial charge in [-0.05, 0) is 25.7 Å². The van der Waals surface area contributed by atoms with Crippen LogP contribution in [0.25, 0.3) is 0 Å². The minimum absolute atomic E-state index is 0.666. The third kappa shape index (κ3) is 3.35.